The van der Waals surface area contributed by atoms with E-state index in [4.69, 9.17) is 9.90 Å². The van der Waals surface area contributed by atoms with Crippen LogP contribution in [0.15, 0.2) is 0 Å². The molecule has 0 aliphatic heterocycles. The fraction of sp³-hybridized carbons (Fsp3) is 0. The molecule has 0 spiro atoms. The third kappa shape index (κ3) is 287. The van der Waals surface area contributed by atoms with E-state index in [0.717, 1.165) is 0 Å². The van der Waals surface area contributed by atoms with Crippen molar-refractivity contribution in [3.8, 4) is 0 Å². The first-order valence-corrected chi connectivity index (χ1v) is 0.494. The molecule has 0 rings (SSSR count). The molecule has 0 aromatic carbocycles. The molecule has 0 saturated heterocycles. The van der Waals surface area contributed by atoms with Crippen LogP contribution in [-0.4, -0.2) is 11.6 Å². The van der Waals surface area contributed by atoms with Gasteiger partial charge in [-0.1, -0.05) is 0 Å². The summed E-state index contributed by atoms with van der Waals surface area (Å²) >= 11 is 0. The molecule has 0 radical (unpaired) electrons. The van der Waals surface area contributed by atoms with Gasteiger partial charge in [-0.2, -0.15) is 0 Å². The summed E-state index contributed by atoms with van der Waals surface area (Å²) in [5.74, 6) is 0. The van der Waals surface area contributed by atoms with Crippen LogP contribution in [0.1, 0.15) is 0 Å². The van der Waals surface area contributed by atoms with Crippen LogP contribution in [0.25, 0.3) is 0 Å². The van der Waals surface area contributed by atoms with Gasteiger partial charge in [0.05, 0.1) is 0 Å². The first-order valence-electron chi connectivity index (χ1n) is 0.494. The van der Waals surface area contributed by atoms with Crippen LogP contribution in [0.3, 0.4) is 0 Å². The van der Waals surface area contributed by atoms with Gasteiger partial charge < -0.3 is 5.11 Å². The van der Waals surface area contributed by atoms with Gasteiger partial charge in [0.25, 0.3) is 6.47 Å². The van der Waals surface area contributed by atoms with Crippen LogP contribution in [0.5, 0.6) is 0 Å². The molecule has 0 fully saturated rings. The second kappa shape index (κ2) is 11.3. The molecule has 0 aromatic rings. The topological polar surface area (TPSA) is 37.3 Å². The first-order chi connectivity index (χ1) is 1.41. The molecule has 0 bridgehead atoms. The van der Waals surface area contributed by atoms with Gasteiger partial charge in [0, 0.05) is 0 Å². The molecule has 27 valence electrons. The van der Waals surface area contributed by atoms with E-state index in [1.807, 2.05) is 0 Å². The van der Waals surface area contributed by atoms with Crippen molar-refractivity contribution in [3.05, 3.63) is 0 Å². The minimum atomic E-state index is -0.250. The number of carboxylic acid groups (broad SMARTS) is 1. The van der Waals surface area contributed by atoms with Gasteiger partial charge in [-0.25, -0.2) is 0 Å². The Kier molecular flexibility index (Phi) is 25.3. The summed E-state index contributed by atoms with van der Waals surface area (Å²) in [6.45, 7) is -0.250. The zero-order valence-corrected chi connectivity index (χ0v) is 3.67. The monoisotopic (exact) mass is 149 g/mol. The molecule has 0 unspecified atom stereocenters. The molecule has 0 aliphatic carbocycles. The second-order valence-electron chi connectivity index (χ2n) is 0.105. The maximum absolute atomic E-state index is 8.36. The first kappa shape index (κ1) is 8.94. The van der Waals surface area contributed by atoms with Crippen LogP contribution in [0, 0.1) is 0 Å². The van der Waals surface area contributed by atoms with E-state index in [9.17, 15) is 0 Å². The molecular formula is CH3O2Ru. The summed E-state index contributed by atoms with van der Waals surface area (Å²) in [5, 5.41) is 6.89. The zero-order valence-electron chi connectivity index (χ0n) is 1.81. The van der Waals surface area contributed by atoms with Crippen LogP contribution < -0.4 is 0 Å². The molecule has 3 heteroatoms. The number of rotatable bonds is 0. The normalized spacial score (nSPS) is 3.00. The van der Waals surface area contributed by atoms with Crippen molar-refractivity contribution < 1.29 is 29.4 Å². The predicted molar refractivity (Wildman–Crippen MR) is 10.1 cm³/mol. The molecule has 0 aliphatic rings. The predicted octanol–water partition coefficient (Wildman–Crippen LogP) is -0.569. The Morgan fingerprint density at radius 1 is 1.75 bits per heavy atom. The molecule has 0 saturated carbocycles. The summed E-state index contributed by atoms with van der Waals surface area (Å²) in [6.07, 6.45) is 0. The van der Waals surface area contributed by atoms with Crippen LogP contribution in [0.4, 0.5) is 0 Å². The van der Waals surface area contributed by atoms with Gasteiger partial charge in [0.2, 0.25) is 0 Å². The van der Waals surface area contributed by atoms with Crippen LogP contribution >= 0.6 is 0 Å². The van der Waals surface area contributed by atoms with E-state index >= 15 is 0 Å². The van der Waals surface area contributed by atoms with E-state index in [1.165, 1.54) is 0 Å². The van der Waals surface area contributed by atoms with Crippen LogP contribution in [0.2, 0.25) is 0 Å². The number of hydrogen-bond donors (Lipinski definition) is 1. The second-order valence-corrected chi connectivity index (χ2v) is 0.105. The number of carbonyl (C=O) groups is 1. The van der Waals surface area contributed by atoms with Gasteiger partial charge in [-0.3, -0.25) is 4.79 Å². The van der Waals surface area contributed by atoms with Gasteiger partial charge in [0.1, 0.15) is 0 Å². The number of hydrogen-bond acceptors (Lipinski definition) is 1. The Hall–Kier alpha value is 0.0934. The Morgan fingerprint density at radius 2 is 1.75 bits per heavy atom. The van der Waals surface area contributed by atoms with Crippen LogP contribution in [-0.2, 0) is 24.3 Å². The van der Waals surface area contributed by atoms with E-state index < -0.39 is 0 Å². The third-order valence-corrected chi connectivity index (χ3v) is 0. The average molecular weight is 148 g/mol. The van der Waals surface area contributed by atoms with Gasteiger partial charge in [-0.05, 0) is 0 Å². The van der Waals surface area contributed by atoms with E-state index in [2.05, 4.69) is 0 Å². The Labute approximate surface area is 36.6 Å². The summed E-state index contributed by atoms with van der Waals surface area (Å²) in [5.41, 5.74) is 0. The fourth-order valence-corrected chi connectivity index (χ4v) is 0. The Bertz CT molecular complexity index is 13.5. The summed E-state index contributed by atoms with van der Waals surface area (Å²) < 4.78 is 0. The molecule has 1 N–H and O–H groups in total. The SMILES string of the molecule is O=CO.[RuH]. The summed E-state index contributed by atoms with van der Waals surface area (Å²) in [4.78, 5) is 8.36. The summed E-state index contributed by atoms with van der Waals surface area (Å²) in [7, 11) is 0. The van der Waals surface area contributed by atoms with Gasteiger partial charge >= 0.3 is 19.5 Å². The summed E-state index contributed by atoms with van der Waals surface area (Å²) in [6, 6.07) is 0. The standard InChI is InChI=1S/CH2O2.Ru.H/c2-1-3;;/h1H,(H,2,3);;. The molecule has 0 atom stereocenters. The third-order valence-electron chi connectivity index (χ3n) is 0. The van der Waals surface area contributed by atoms with E-state index in [-0.39, 0.29) is 26.0 Å². The molecule has 0 heterocycles. The minimum absolute atomic E-state index is 0. The van der Waals surface area contributed by atoms with Crippen molar-refractivity contribution >= 4 is 6.47 Å². The van der Waals surface area contributed by atoms with Crippen molar-refractivity contribution in [2.75, 3.05) is 0 Å². The van der Waals surface area contributed by atoms with E-state index in [0.29, 0.717) is 0 Å². The molecule has 0 amide bonds. The van der Waals surface area contributed by atoms with Crippen molar-refractivity contribution in [1.29, 1.82) is 0 Å². The molecule has 2 nitrogen and oxygen atoms in total. The zero-order chi connectivity index (χ0) is 2.71. The van der Waals surface area contributed by atoms with E-state index in [1.54, 1.807) is 0 Å². The maximum atomic E-state index is 8.36. The Balaban J connectivity index is 0. The molecule has 4 heavy (non-hydrogen) atoms. The fourth-order valence-electron chi connectivity index (χ4n) is 0. The van der Waals surface area contributed by atoms with Gasteiger partial charge in [0.15, 0.2) is 0 Å². The molecule has 0 aromatic heterocycles. The van der Waals surface area contributed by atoms with Gasteiger partial charge in [-0.15, -0.1) is 0 Å². The Morgan fingerprint density at radius 3 is 1.75 bits per heavy atom. The van der Waals surface area contributed by atoms with Crippen molar-refractivity contribution in [3.63, 3.8) is 0 Å². The van der Waals surface area contributed by atoms with Crippen molar-refractivity contribution in [1.82, 2.24) is 0 Å². The van der Waals surface area contributed by atoms with Crippen molar-refractivity contribution in [2.24, 2.45) is 0 Å². The molecular weight excluding hydrogens is 145 g/mol. The quantitative estimate of drug-likeness (QED) is 0.369. The average Bonchev–Trinajstić information content (AvgIpc) is 0.918. The van der Waals surface area contributed by atoms with Crippen molar-refractivity contribution in [2.45, 2.75) is 0 Å².